The van der Waals surface area contributed by atoms with Gasteiger partial charge in [-0.25, -0.2) is 11.6 Å². The molecular weight excluding hydrogens is 585 g/mol. The zero-order valence-electron chi connectivity index (χ0n) is 22.0. The summed E-state index contributed by atoms with van der Waals surface area (Å²) in [6.45, 7) is 2.08. The van der Waals surface area contributed by atoms with Crippen LogP contribution < -0.4 is 29.7 Å². The van der Waals surface area contributed by atoms with E-state index in [9.17, 15) is 0 Å². The van der Waals surface area contributed by atoms with E-state index in [1.165, 1.54) is 71.4 Å². The molecule has 1 nitrogen and oxygen atoms in total. The normalized spacial score (nSPS) is 11.2. The molecule has 0 atom stereocenters. The summed E-state index contributed by atoms with van der Waals surface area (Å²) in [7, 11) is 4.15. The van der Waals surface area contributed by atoms with Crippen LogP contribution in [-0.4, -0.2) is 17.3 Å². The molecule has 0 bridgehead atoms. The molecule has 1 aliphatic rings. The van der Waals surface area contributed by atoms with Crippen molar-refractivity contribution in [3.8, 4) is 0 Å². The number of halogens is 2. The SMILES string of the molecule is CC1=CC[C-]=C1.CN(C)c1ccc2c(c1)[cH-]c1ccccc12.[Cl-].[Cl-].[Zr+2]=[C](c1ccccc1)c1ccccc1. The average Bonchev–Trinajstić information content (AvgIpc) is 3.56. The van der Waals surface area contributed by atoms with E-state index in [1.54, 1.807) is 0 Å². The fourth-order valence-corrected chi connectivity index (χ4v) is 4.92. The molecule has 192 valence electrons. The van der Waals surface area contributed by atoms with Gasteiger partial charge in [-0.15, -0.1) is 47.0 Å². The van der Waals surface area contributed by atoms with Crippen LogP contribution in [0.2, 0.25) is 0 Å². The average molecular weight is 616 g/mol. The van der Waals surface area contributed by atoms with Crippen LogP contribution in [0.3, 0.4) is 0 Å². The molecule has 0 amide bonds. The summed E-state index contributed by atoms with van der Waals surface area (Å²) < 4.78 is 1.42. The fourth-order valence-electron chi connectivity index (χ4n) is 4.10. The number of hydrogen-bond donors (Lipinski definition) is 0. The number of fused-ring (bicyclic) bond motifs is 3. The van der Waals surface area contributed by atoms with Crippen molar-refractivity contribution in [3.63, 3.8) is 0 Å². The standard InChI is InChI=1S/C15H14N.C13H10.C6H7.2ClH.Zr/c1-16(2)13-7-8-15-12(10-13)9-11-5-3-4-6-14(11)15;1-3-7-12(8-4-1)11-13-9-5-2-6-10-13;1-6-4-2-3-5-6;;;/h3-10H,1-2H3;1-10H;4-5H,2H2,1H3;2*1H;/q-1;;-1;;;+2/p-2. The van der Waals surface area contributed by atoms with Crippen LogP contribution >= 0.6 is 0 Å². The molecule has 0 spiro atoms. The Balaban J connectivity index is 0.000000212. The van der Waals surface area contributed by atoms with Gasteiger partial charge >= 0.3 is 99.2 Å². The Kier molecular flexibility index (Phi) is 13.0. The second kappa shape index (κ2) is 15.7. The molecule has 6 rings (SSSR count). The first-order valence-corrected chi connectivity index (χ1v) is 13.4. The van der Waals surface area contributed by atoms with Gasteiger partial charge in [-0.05, 0) is 0 Å². The van der Waals surface area contributed by atoms with Crippen LogP contribution in [0.1, 0.15) is 24.5 Å². The second-order valence-corrected chi connectivity index (χ2v) is 10.2. The number of nitrogens with zero attached hydrogens (tertiary/aromatic N) is 1. The molecule has 4 heteroatoms. The number of benzene rings is 4. The van der Waals surface area contributed by atoms with Gasteiger partial charge in [0.25, 0.3) is 0 Å². The Labute approximate surface area is 254 Å². The van der Waals surface area contributed by atoms with Gasteiger partial charge < -0.3 is 29.7 Å². The maximum atomic E-state index is 3.05. The molecule has 0 N–H and O–H groups in total. The fraction of sp³-hybridized carbons (Fsp3) is 0.118. The van der Waals surface area contributed by atoms with E-state index in [2.05, 4.69) is 147 Å². The van der Waals surface area contributed by atoms with Gasteiger partial charge in [-0.2, -0.15) is 6.08 Å². The molecule has 38 heavy (non-hydrogen) atoms. The van der Waals surface area contributed by atoms with Crippen LogP contribution in [0.15, 0.2) is 127 Å². The first kappa shape index (κ1) is 31.6. The molecule has 0 aliphatic heterocycles. The van der Waals surface area contributed by atoms with Crippen LogP contribution in [0.4, 0.5) is 5.69 Å². The first-order chi connectivity index (χ1) is 17.5. The molecule has 0 aromatic heterocycles. The van der Waals surface area contributed by atoms with Gasteiger partial charge in [0.2, 0.25) is 0 Å². The predicted octanol–water partition coefficient (Wildman–Crippen LogP) is 2.28. The van der Waals surface area contributed by atoms with E-state index in [0.29, 0.717) is 0 Å². The summed E-state index contributed by atoms with van der Waals surface area (Å²) in [5, 5.41) is 5.35. The molecule has 0 saturated heterocycles. The van der Waals surface area contributed by atoms with Gasteiger partial charge in [-0.1, -0.05) is 36.4 Å². The molecule has 0 radical (unpaired) electrons. The monoisotopic (exact) mass is 613 g/mol. The van der Waals surface area contributed by atoms with Crippen LogP contribution in [0.25, 0.3) is 21.5 Å². The van der Waals surface area contributed by atoms with Crippen LogP contribution in [0.5, 0.6) is 0 Å². The topological polar surface area (TPSA) is 3.24 Å². The first-order valence-electron chi connectivity index (χ1n) is 12.2. The van der Waals surface area contributed by atoms with Crippen molar-refractivity contribution in [3.05, 3.63) is 144 Å². The third-order valence-electron chi connectivity index (χ3n) is 6.11. The van der Waals surface area contributed by atoms with Crippen molar-refractivity contribution in [2.24, 2.45) is 0 Å². The second-order valence-electron chi connectivity index (χ2n) is 9.01. The van der Waals surface area contributed by atoms with Gasteiger partial charge in [0.15, 0.2) is 0 Å². The summed E-state index contributed by atoms with van der Waals surface area (Å²) in [5.41, 5.74) is 5.26. The van der Waals surface area contributed by atoms with Crippen molar-refractivity contribution >= 4 is 30.4 Å². The predicted molar refractivity (Wildman–Crippen MR) is 154 cm³/mol. The molecule has 0 unspecified atom stereocenters. The summed E-state index contributed by atoms with van der Waals surface area (Å²) in [5.74, 6) is 0. The van der Waals surface area contributed by atoms with Crippen molar-refractivity contribution in [2.75, 3.05) is 19.0 Å². The van der Waals surface area contributed by atoms with Crippen molar-refractivity contribution in [1.82, 2.24) is 0 Å². The zero-order valence-corrected chi connectivity index (χ0v) is 25.9. The number of allylic oxidation sites excluding steroid dienone is 4. The van der Waals surface area contributed by atoms with Crippen LogP contribution in [0, 0.1) is 6.08 Å². The Bertz CT molecular complexity index is 1460. The third kappa shape index (κ3) is 8.44. The third-order valence-corrected chi connectivity index (χ3v) is 7.53. The summed E-state index contributed by atoms with van der Waals surface area (Å²) >= 11 is 1.46. The summed E-state index contributed by atoms with van der Waals surface area (Å²) in [4.78, 5) is 2.14. The van der Waals surface area contributed by atoms with Gasteiger partial charge in [0, 0.05) is 19.8 Å². The van der Waals surface area contributed by atoms with E-state index in [1.807, 2.05) is 6.08 Å². The van der Waals surface area contributed by atoms with Gasteiger partial charge in [0.05, 0.1) is 0 Å². The van der Waals surface area contributed by atoms with Crippen LogP contribution in [-0.2, 0) is 24.2 Å². The number of rotatable bonds is 3. The zero-order chi connectivity index (χ0) is 25.3. The molecule has 1 aliphatic carbocycles. The summed E-state index contributed by atoms with van der Waals surface area (Å²) in [6, 6.07) is 38.6. The van der Waals surface area contributed by atoms with Crippen molar-refractivity contribution in [2.45, 2.75) is 13.3 Å². The maximum absolute atomic E-state index is 3.05. The van der Waals surface area contributed by atoms with E-state index in [0.717, 1.165) is 6.42 Å². The van der Waals surface area contributed by atoms with Gasteiger partial charge in [0.1, 0.15) is 0 Å². The summed E-state index contributed by atoms with van der Waals surface area (Å²) in [6.07, 6.45) is 8.24. The minimum atomic E-state index is 0. The van der Waals surface area contributed by atoms with E-state index in [4.69, 9.17) is 0 Å². The Morgan fingerprint density at radius 1 is 0.737 bits per heavy atom. The van der Waals surface area contributed by atoms with Gasteiger partial charge in [-0.3, -0.25) is 6.08 Å². The quantitative estimate of drug-likeness (QED) is 0.282. The molecule has 0 heterocycles. The molecule has 0 fully saturated rings. The molecule has 0 saturated carbocycles. The van der Waals surface area contributed by atoms with E-state index in [-0.39, 0.29) is 24.8 Å². The molecular formula is C34H31Cl2NZr-2. The number of hydrogen-bond acceptors (Lipinski definition) is 1. The number of anilines is 1. The molecule has 5 aromatic rings. The van der Waals surface area contributed by atoms with Crippen molar-refractivity contribution < 1.29 is 49.0 Å². The Hall–Kier alpha value is -2.64. The Morgan fingerprint density at radius 3 is 1.79 bits per heavy atom. The minimum absolute atomic E-state index is 0. The van der Waals surface area contributed by atoms with E-state index < -0.39 is 0 Å². The van der Waals surface area contributed by atoms with E-state index >= 15 is 0 Å². The van der Waals surface area contributed by atoms with Crippen molar-refractivity contribution in [1.29, 1.82) is 0 Å². The molecule has 5 aromatic carbocycles. The Morgan fingerprint density at radius 2 is 1.29 bits per heavy atom.